The first kappa shape index (κ1) is 18.5. The molecule has 24 heavy (non-hydrogen) atoms. The monoisotopic (exact) mass is 394 g/mol. The van der Waals surface area contributed by atoms with E-state index < -0.39 is 0 Å². The summed E-state index contributed by atoms with van der Waals surface area (Å²) in [4.78, 5) is 8.77. The smallest absolute Gasteiger partial charge is 0.229 e. The number of aliphatic hydroxyl groups excluding tert-OH is 1. The third-order valence-corrected chi connectivity index (χ3v) is 4.30. The van der Waals surface area contributed by atoms with Crippen molar-refractivity contribution in [3.8, 4) is 5.75 Å². The van der Waals surface area contributed by atoms with Crippen LogP contribution < -0.4 is 15.4 Å². The number of ether oxygens (including phenoxy) is 1. The standard InChI is InChI=1S/C17H23BrN4O2/c1-10(2)14(9-23)21-16-13(18)8-19-17(22-16)20-12-5-6-15(24-4)11(3)7-12/h5-8,10,14,23H,9H2,1-4H3,(H2,19,20,21,22). The highest BCUT2D eigenvalue weighted by Crippen LogP contribution is 2.26. The zero-order valence-corrected chi connectivity index (χ0v) is 15.9. The first-order valence-corrected chi connectivity index (χ1v) is 8.55. The van der Waals surface area contributed by atoms with Crippen molar-refractivity contribution in [3.05, 3.63) is 34.4 Å². The number of nitrogens with zero attached hydrogens (tertiary/aromatic N) is 2. The van der Waals surface area contributed by atoms with Crippen LogP contribution in [0.25, 0.3) is 0 Å². The second-order valence-corrected chi connectivity index (χ2v) is 6.73. The highest BCUT2D eigenvalue weighted by Gasteiger charge is 2.15. The lowest BCUT2D eigenvalue weighted by Crippen LogP contribution is -2.30. The highest BCUT2D eigenvalue weighted by atomic mass is 79.9. The molecule has 0 aliphatic carbocycles. The molecule has 0 radical (unpaired) electrons. The van der Waals surface area contributed by atoms with Crippen LogP contribution in [0.2, 0.25) is 0 Å². The van der Waals surface area contributed by atoms with Crippen molar-refractivity contribution in [2.24, 2.45) is 5.92 Å². The van der Waals surface area contributed by atoms with E-state index in [1.807, 2.05) is 39.0 Å². The van der Waals surface area contributed by atoms with Gasteiger partial charge in [0.25, 0.3) is 0 Å². The lowest BCUT2D eigenvalue weighted by molar-refractivity contribution is 0.249. The van der Waals surface area contributed by atoms with Gasteiger partial charge in [-0.1, -0.05) is 13.8 Å². The maximum absolute atomic E-state index is 9.48. The molecule has 2 rings (SSSR count). The van der Waals surface area contributed by atoms with Crippen LogP contribution in [-0.4, -0.2) is 34.8 Å². The molecule has 1 aromatic carbocycles. The molecule has 0 fully saturated rings. The lowest BCUT2D eigenvalue weighted by Gasteiger charge is -2.21. The number of rotatable bonds is 7. The lowest BCUT2D eigenvalue weighted by atomic mass is 10.1. The van der Waals surface area contributed by atoms with Crippen LogP contribution in [0.15, 0.2) is 28.9 Å². The second-order valence-electron chi connectivity index (χ2n) is 5.88. The Morgan fingerprint density at radius 1 is 1.33 bits per heavy atom. The Kier molecular flexibility index (Phi) is 6.39. The van der Waals surface area contributed by atoms with Gasteiger partial charge in [-0.25, -0.2) is 4.98 Å². The number of hydrogen-bond donors (Lipinski definition) is 3. The van der Waals surface area contributed by atoms with E-state index in [-0.39, 0.29) is 18.6 Å². The summed E-state index contributed by atoms with van der Waals surface area (Å²) in [5, 5.41) is 15.9. The van der Waals surface area contributed by atoms with Crippen molar-refractivity contribution >= 4 is 33.4 Å². The molecule has 3 N–H and O–H groups in total. The minimum atomic E-state index is -0.0766. The molecule has 0 bridgehead atoms. The quantitative estimate of drug-likeness (QED) is 0.663. The highest BCUT2D eigenvalue weighted by molar-refractivity contribution is 9.10. The molecular formula is C17H23BrN4O2. The average Bonchev–Trinajstić information content (AvgIpc) is 2.55. The van der Waals surface area contributed by atoms with Crippen LogP contribution in [0.3, 0.4) is 0 Å². The Morgan fingerprint density at radius 2 is 2.08 bits per heavy atom. The first-order chi connectivity index (χ1) is 11.4. The fraction of sp³-hybridized carbons (Fsp3) is 0.412. The van der Waals surface area contributed by atoms with E-state index in [1.165, 1.54) is 0 Å². The van der Waals surface area contributed by atoms with Crippen LogP contribution in [0.4, 0.5) is 17.5 Å². The van der Waals surface area contributed by atoms with E-state index in [4.69, 9.17) is 4.74 Å². The summed E-state index contributed by atoms with van der Waals surface area (Å²) in [7, 11) is 1.65. The molecule has 1 unspecified atom stereocenters. The fourth-order valence-corrected chi connectivity index (χ4v) is 2.52. The summed E-state index contributed by atoms with van der Waals surface area (Å²) >= 11 is 3.44. The molecule has 2 aromatic rings. The van der Waals surface area contributed by atoms with Gasteiger partial charge in [0.15, 0.2) is 0 Å². The number of anilines is 3. The van der Waals surface area contributed by atoms with Crippen LogP contribution >= 0.6 is 15.9 Å². The molecule has 0 saturated carbocycles. The molecule has 6 nitrogen and oxygen atoms in total. The Labute approximate surface area is 150 Å². The van der Waals surface area contributed by atoms with Crippen molar-refractivity contribution in [1.29, 1.82) is 0 Å². The Balaban J connectivity index is 2.20. The topological polar surface area (TPSA) is 79.3 Å². The number of nitrogens with one attached hydrogen (secondary N) is 2. The number of hydrogen-bond acceptors (Lipinski definition) is 6. The predicted octanol–water partition coefficient (Wildman–Crippen LogP) is 3.73. The molecule has 0 amide bonds. The van der Waals surface area contributed by atoms with Crippen LogP contribution in [0.1, 0.15) is 19.4 Å². The summed E-state index contributed by atoms with van der Waals surface area (Å²) in [6, 6.07) is 5.71. The zero-order chi connectivity index (χ0) is 17.7. The Morgan fingerprint density at radius 3 is 2.67 bits per heavy atom. The van der Waals surface area contributed by atoms with E-state index >= 15 is 0 Å². The summed E-state index contributed by atoms with van der Waals surface area (Å²) in [6.07, 6.45) is 1.68. The minimum Gasteiger partial charge on any atom is -0.496 e. The van der Waals surface area contributed by atoms with Crippen molar-refractivity contribution in [3.63, 3.8) is 0 Å². The van der Waals surface area contributed by atoms with E-state index in [0.29, 0.717) is 11.8 Å². The summed E-state index contributed by atoms with van der Waals surface area (Å²) in [5.74, 6) is 2.23. The van der Waals surface area contributed by atoms with E-state index in [1.54, 1.807) is 13.3 Å². The predicted molar refractivity (Wildman–Crippen MR) is 100 cm³/mol. The number of aryl methyl sites for hydroxylation is 1. The van der Waals surface area contributed by atoms with Gasteiger partial charge in [-0.15, -0.1) is 0 Å². The molecule has 0 saturated heterocycles. The summed E-state index contributed by atoms with van der Waals surface area (Å²) in [6.45, 7) is 6.10. The van der Waals surface area contributed by atoms with Crippen molar-refractivity contribution in [2.45, 2.75) is 26.8 Å². The molecular weight excluding hydrogens is 372 g/mol. The van der Waals surface area contributed by atoms with Crippen LogP contribution in [0.5, 0.6) is 5.75 Å². The first-order valence-electron chi connectivity index (χ1n) is 7.76. The molecule has 130 valence electrons. The molecule has 0 aliphatic rings. The molecule has 0 aliphatic heterocycles. The normalized spacial score (nSPS) is 12.1. The van der Waals surface area contributed by atoms with Gasteiger partial charge in [0.05, 0.1) is 24.2 Å². The van der Waals surface area contributed by atoms with Crippen LogP contribution in [0, 0.1) is 12.8 Å². The SMILES string of the molecule is COc1ccc(Nc2ncc(Br)c(NC(CO)C(C)C)n2)cc1C. The number of methoxy groups -OCH3 is 1. The third kappa shape index (κ3) is 4.58. The second kappa shape index (κ2) is 8.30. The van der Waals surface area contributed by atoms with Gasteiger partial charge < -0.3 is 20.5 Å². The summed E-state index contributed by atoms with van der Waals surface area (Å²) < 4.78 is 6.01. The zero-order valence-electron chi connectivity index (χ0n) is 14.3. The number of aliphatic hydroxyl groups is 1. The maximum Gasteiger partial charge on any atom is 0.229 e. The van der Waals surface area contributed by atoms with Gasteiger partial charge in [0, 0.05) is 11.9 Å². The van der Waals surface area contributed by atoms with Crippen molar-refractivity contribution < 1.29 is 9.84 Å². The molecule has 1 atom stereocenters. The Hall–Kier alpha value is -1.86. The molecule has 0 spiro atoms. The van der Waals surface area contributed by atoms with E-state index in [0.717, 1.165) is 21.5 Å². The molecule has 1 aromatic heterocycles. The number of aromatic nitrogens is 2. The molecule has 7 heteroatoms. The van der Waals surface area contributed by atoms with Gasteiger partial charge in [-0.3, -0.25) is 0 Å². The Bertz CT molecular complexity index is 694. The minimum absolute atomic E-state index is 0.0363. The fourth-order valence-electron chi connectivity index (χ4n) is 2.21. The third-order valence-electron chi connectivity index (χ3n) is 3.72. The molecule has 1 heterocycles. The van der Waals surface area contributed by atoms with E-state index in [2.05, 4.69) is 36.5 Å². The van der Waals surface area contributed by atoms with E-state index in [9.17, 15) is 5.11 Å². The number of benzene rings is 1. The summed E-state index contributed by atoms with van der Waals surface area (Å²) in [5.41, 5.74) is 1.90. The largest absolute Gasteiger partial charge is 0.496 e. The van der Waals surface area contributed by atoms with Crippen LogP contribution in [-0.2, 0) is 0 Å². The van der Waals surface area contributed by atoms with Gasteiger partial charge >= 0.3 is 0 Å². The number of halogens is 1. The average molecular weight is 395 g/mol. The van der Waals surface area contributed by atoms with Gasteiger partial charge in [0.2, 0.25) is 5.95 Å². The van der Waals surface area contributed by atoms with Gasteiger partial charge in [0.1, 0.15) is 11.6 Å². The van der Waals surface area contributed by atoms with Gasteiger partial charge in [-0.05, 0) is 52.5 Å². The van der Waals surface area contributed by atoms with Crippen molar-refractivity contribution in [2.75, 3.05) is 24.4 Å². The van der Waals surface area contributed by atoms with Gasteiger partial charge in [-0.2, -0.15) is 4.98 Å². The van der Waals surface area contributed by atoms with Crippen molar-refractivity contribution in [1.82, 2.24) is 9.97 Å². The maximum atomic E-state index is 9.48.